The first-order chi connectivity index (χ1) is 5.80. The minimum atomic E-state index is -5.17. The van der Waals surface area contributed by atoms with Gasteiger partial charge in [-0.15, -0.1) is 0 Å². The maximum atomic E-state index is 10.2. The van der Waals surface area contributed by atoms with Crippen molar-refractivity contribution in [2.45, 2.75) is 5.62 Å². The second kappa shape index (κ2) is 5.15. The van der Waals surface area contributed by atoms with E-state index in [1.165, 1.54) is 0 Å². The van der Waals surface area contributed by atoms with Gasteiger partial charge in [0.25, 0.3) is 0 Å². The molecule has 0 bridgehead atoms. The first kappa shape index (κ1) is 12.3. The van der Waals surface area contributed by atoms with Crippen molar-refractivity contribution < 1.29 is 16.9 Å². The van der Waals surface area contributed by atoms with Crippen LogP contribution < -0.4 is 0 Å². The maximum Gasteiger partial charge on any atom is 0.435 e. The average molecular weight is 231 g/mol. The van der Waals surface area contributed by atoms with Crippen LogP contribution in [0.25, 0.3) is 0 Å². The largest absolute Gasteiger partial charge is 0.435 e. The summed E-state index contributed by atoms with van der Waals surface area (Å²) < 4.78 is 34.1. The third-order valence-electron chi connectivity index (χ3n) is 0.952. The van der Waals surface area contributed by atoms with Crippen LogP contribution in [0, 0.1) is 0 Å². The number of aliphatic imine (C=N–C) groups is 1. The molecule has 1 atom stereocenters. The minimum Gasteiger partial charge on any atom is -0.347 e. The van der Waals surface area contributed by atoms with Gasteiger partial charge in [0.15, 0.2) is 5.62 Å². The fraction of sp³-hybridized carbons (Fsp3) is 0.400. The predicted molar refractivity (Wildman–Crippen MR) is 47.7 cm³/mol. The van der Waals surface area contributed by atoms with Crippen LogP contribution in [0.2, 0.25) is 0 Å². The second-order valence-electron chi connectivity index (χ2n) is 2.03. The topological polar surface area (TPSA) is 70.0 Å². The van der Waals surface area contributed by atoms with Crippen molar-refractivity contribution in [3.05, 3.63) is 12.3 Å². The highest BCUT2D eigenvalue weighted by Gasteiger charge is 2.04. The van der Waals surface area contributed by atoms with E-state index in [0.29, 0.717) is 0 Å². The van der Waals surface area contributed by atoms with Crippen LogP contribution in [0.5, 0.6) is 0 Å². The van der Waals surface area contributed by atoms with Gasteiger partial charge in [0.1, 0.15) is 0 Å². The second-order valence-corrected chi connectivity index (χ2v) is 3.24. The monoisotopic (exact) mass is 230 g/mol. The standard InChI is InChI=1S/C5H7ClN2.FHO3S/c1-8-4-2-3-7-5(8)6;1-5(2,3)4/h2-5H,1H3;(H,2,3,4). The summed E-state index contributed by atoms with van der Waals surface area (Å²) in [6.07, 6.45) is 5.42. The quantitative estimate of drug-likeness (QED) is 0.289. The van der Waals surface area contributed by atoms with Gasteiger partial charge in [-0.25, -0.2) is 0 Å². The summed E-state index contributed by atoms with van der Waals surface area (Å²) in [4.78, 5) is 5.71. The first-order valence-electron chi connectivity index (χ1n) is 3.04. The highest BCUT2D eigenvalue weighted by Crippen LogP contribution is 2.05. The van der Waals surface area contributed by atoms with Crippen LogP contribution in [-0.4, -0.2) is 36.8 Å². The SMILES string of the molecule is CN1C=CC=NC1Cl.O=S(=O)(O)F. The third-order valence-corrected chi connectivity index (χ3v) is 1.37. The van der Waals surface area contributed by atoms with Crippen molar-refractivity contribution >= 4 is 28.3 Å². The van der Waals surface area contributed by atoms with Crippen molar-refractivity contribution in [3.63, 3.8) is 0 Å². The lowest BCUT2D eigenvalue weighted by molar-refractivity contribution is 0.428. The van der Waals surface area contributed by atoms with Gasteiger partial charge in [0.2, 0.25) is 0 Å². The molecule has 76 valence electrons. The van der Waals surface area contributed by atoms with E-state index in [-0.39, 0.29) is 5.62 Å². The Morgan fingerprint density at radius 1 is 1.69 bits per heavy atom. The van der Waals surface area contributed by atoms with Gasteiger partial charge in [-0.3, -0.25) is 9.55 Å². The number of allylic oxidation sites excluding steroid dienone is 1. The molecule has 0 fully saturated rings. The normalized spacial score (nSPS) is 20.9. The Morgan fingerprint density at radius 3 is 2.38 bits per heavy atom. The number of alkyl halides is 1. The van der Waals surface area contributed by atoms with E-state index >= 15 is 0 Å². The first-order valence-corrected chi connectivity index (χ1v) is 4.81. The summed E-state index contributed by atoms with van der Waals surface area (Å²) in [5.74, 6) is 0. The summed E-state index contributed by atoms with van der Waals surface area (Å²) in [7, 11) is -3.29. The molecule has 0 aromatic heterocycles. The van der Waals surface area contributed by atoms with Crippen LogP contribution in [0.15, 0.2) is 17.3 Å². The van der Waals surface area contributed by atoms with Gasteiger partial charge in [-0.1, -0.05) is 15.5 Å². The number of rotatable bonds is 0. The zero-order valence-corrected chi connectivity index (χ0v) is 8.20. The molecule has 1 heterocycles. The molecular formula is C5H8ClFN2O3S. The number of hydrogen-bond acceptors (Lipinski definition) is 4. The van der Waals surface area contributed by atoms with Gasteiger partial charge < -0.3 is 4.90 Å². The van der Waals surface area contributed by atoms with Crippen LogP contribution in [-0.2, 0) is 10.5 Å². The molecular weight excluding hydrogens is 223 g/mol. The molecule has 0 amide bonds. The Morgan fingerprint density at radius 2 is 2.15 bits per heavy atom. The Hall–Kier alpha value is -0.660. The fourth-order valence-corrected chi connectivity index (χ4v) is 0.601. The minimum absolute atomic E-state index is 0.208. The van der Waals surface area contributed by atoms with Crippen molar-refractivity contribution in [1.29, 1.82) is 0 Å². The molecule has 0 spiro atoms. The zero-order chi connectivity index (χ0) is 10.5. The molecule has 1 rings (SSSR count). The molecule has 13 heavy (non-hydrogen) atoms. The van der Waals surface area contributed by atoms with Crippen LogP contribution in [0.1, 0.15) is 0 Å². The van der Waals surface area contributed by atoms with E-state index in [1.807, 2.05) is 24.2 Å². The lowest BCUT2D eigenvalue weighted by Gasteiger charge is -2.18. The Bertz CT molecular complexity index is 279. The van der Waals surface area contributed by atoms with E-state index in [1.54, 1.807) is 6.21 Å². The molecule has 8 heteroatoms. The van der Waals surface area contributed by atoms with Crippen LogP contribution >= 0.6 is 11.6 Å². The summed E-state index contributed by atoms with van der Waals surface area (Å²) >= 11 is 5.64. The van der Waals surface area contributed by atoms with Gasteiger partial charge >= 0.3 is 10.5 Å². The number of nitrogens with zero attached hydrogens (tertiary/aromatic N) is 2. The van der Waals surface area contributed by atoms with Crippen LogP contribution in [0.3, 0.4) is 0 Å². The maximum absolute atomic E-state index is 10.2. The highest BCUT2D eigenvalue weighted by molar-refractivity contribution is 7.80. The molecule has 0 radical (unpaired) electrons. The molecule has 0 saturated carbocycles. The summed E-state index contributed by atoms with van der Waals surface area (Å²) in [5.41, 5.74) is -0.208. The molecule has 0 aliphatic carbocycles. The predicted octanol–water partition coefficient (Wildman–Crippen LogP) is 0.797. The Balaban J connectivity index is 0.000000252. The summed E-state index contributed by atoms with van der Waals surface area (Å²) in [5, 5.41) is 0. The molecule has 0 saturated heterocycles. The lowest BCUT2D eigenvalue weighted by atomic mass is 10.6. The average Bonchev–Trinajstić information content (AvgIpc) is 1.92. The van der Waals surface area contributed by atoms with E-state index in [0.717, 1.165) is 0 Å². The molecule has 1 aliphatic heterocycles. The van der Waals surface area contributed by atoms with Crippen molar-refractivity contribution in [3.8, 4) is 0 Å². The van der Waals surface area contributed by atoms with E-state index < -0.39 is 10.5 Å². The van der Waals surface area contributed by atoms with Crippen molar-refractivity contribution in [1.82, 2.24) is 4.90 Å². The van der Waals surface area contributed by atoms with Gasteiger partial charge in [-0.2, -0.15) is 8.42 Å². The van der Waals surface area contributed by atoms with Gasteiger partial charge in [0.05, 0.1) is 0 Å². The van der Waals surface area contributed by atoms with E-state index in [9.17, 15) is 3.89 Å². The summed E-state index contributed by atoms with van der Waals surface area (Å²) in [6.45, 7) is 0. The molecule has 1 N–H and O–H groups in total. The highest BCUT2D eigenvalue weighted by atomic mass is 35.5. The molecule has 1 unspecified atom stereocenters. The number of hydrogen-bond donors (Lipinski definition) is 1. The third kappa shape index (κ3) is 9.25. The number of halogens is 2. The Labute approximate surface area is 80.6 Å². The van der Waals surface area contributed by atoms with E-state index in [2.05, 4.69) is 4.99 Å². The van der Waals surface area contributed by atoms with Crippen molar-refractivity contribution in [2.75, 3.05) is 7.05 Å². The summed E-state index contributed by atoms with van der Waals surface area (Å²) in [6, 6.07) is 0. The Kier molecular flexibility index (Phi) is 4.89. The van der Waals surface area contributed by atoms with E-state index in [4.69, 9.17) is 24.6 Å². The molecule has 5 nitrogen and oxygen atoms in total. The van der Waals surface area contributed by atoms with Crippen molar-refractivity contribution in [2.24, 2.45) is 4.99 Å². The van der Waals surface area contributed by atoms with Gasteiger partial charge in [0, 0.05) is 19.5 Å². The fourth-order valence-electron chi connectivity index (χ4n) is 0.471. The molecule has 0 aromatic carbocycles. The van der Waals surface area contributed by atoms with Crippen LogP contribution in [0.4, 0.5) is 3.89 Å². The smallest absolute Gasteiger partial charge is 0.347 e. The lowest BCUT2D eigenvalue weighted by Crippen LogP contribution is -2.21. The van der Waals surface area contributed by atoms with Gasteiger partial charge in [-0.05, 0) is 6.08 Å². The molecule has 0 aromatic rings. The zero-order valence-electron chi connectivity index (χ0n) is 6.63. The molecule has 1 aliphatic rings.